The Bertz CT molecular complexity index is 185. The maximum absolute atomic E-state index is 9.51. The SMILES string of the molecule is CCC(C)O[C@@H]1C[C@@H](O)[C@H](O)[C@@H](CO)O1. The van der Waals surface area contributed by atoms with Crippen LogP contribution < -0.4 is 0 Å². The van der Waals surface area contributed by atoms with E-state index in [2.05, 4.69) is 0 Å². The standard InChI is InChI=1S/C10H20O5/c1-3-6(2)14-9-4-7(12)10(13)8(5-11)15-9/h6-13H,3-5H2,1-2H3/t6?,7-,8-,9+,10+/m1/s1. The fourth-order valence-corrected chi connectivity index (χ4v) is 1.51. The lowest BCUT2D eigenvalue weighted by Gasteiger charge is -2.37. The molecule has 0 amide bonds. The van der Waals surface area contributed by atoms with Crippen LogP contribution in [0.15, 0.2) is 0 Å². The molecule has 1 heterocycles. The molecular formula is C10H20O5. The van der Waals surface area contributed by atoms with Crippen LogP contribution in [0.3, 0.4) is 0 Å². The van der Waals surface area contributed by atoms with Crippen molar-refractivity contribution in [1.82, 2.24) is 0 Å². The van der Waals surface area contributed by atoms with Crippen LogP contribution in [0.25, 0.3) is 0 Å². The zero-order valence-corrected chi connectivity index (χ0v) is 9.17. The van der Waals surface area contributed by atoms with E-state index in [-0.39, 0.29) is 19.1 Å². The molecule has 0 spiro atoms. The molecule has 1 aliphatic rings. The predicted octanol–water partition coefficient (Wildman–Crippen LogP) is -0.369. The normalized spacial score (nSPS) is 39.0. The number of aliphatic hydroxyl groups is 3. The molecule has 5 atom stereocenters. The summed E-state index contributed by atoms with van der Waals surface area (Å²) in [5.41, 5.74) is 0. The molecule has 0 aliphatic carbocycles. The first kappa shape index (κ1) is 12.9. The van der Waals surface area contributed by atoms with Crippen LogP contribution in [0.4, 0.5) is 0 Å². The Morgan fingerprint density at radius 1 is 1.47 bits per heavy atom. The fraction of sp³-hybridized carbons (Fsp3) is 1.00. The Labute approximate surface area is 89.6 Å². The highest BCUT2D eigenvalue weighted by atomic mass is 16.7. The first-order chi connectivity index (χ1) is 7.08. The summed E-state index contributed by atoms with van der Waals surface area (Å²) >= 11 is 0. The molecule has 1 fully saturated rings. The van der Waals surface area contributed by atoms with Crippen LogP contribution in [-0.2, 0) is 9.47 Å². The Hall–Kier alpha value is -0.200. The van der Waals surface area contributed by atoms with Crippen LogP contribution in [0.2, 0.25) is 0 Å². The molecule has 0 radical (unpaired) electrons. The van der Waals surface area contributed by atoms with Crippen molar-refractivity contribution in [2.24, 2.45) is 0 Å². The average Bonchev–Trinajstić information content (AvgIpc) is 2.22. The van der Waals surface area contributed by atoms with Gasteiger partial charge in [-0.05, 0) is 13.3 Å². The van der Waals surface area contributed by atoms with E-state index in [1.165, 1.54) is 0 Å². The van der Waals surface area contributed by atoms with Crippen LogP contribution in [0, 0.1) is 0 Å². The van der Waals surface area contributed by atoms with E-state index in [9.17, 15) is 10.2 Å². The zero-order valence-electron chi connectivity index (χ0n) is 9.17. The second-order valence-electron chi connectivity index (χ2n) is 3.94. The summed E-state index contributed by atoms with van der Waals surface area (Å²) in [7, 11) is 0. The third-order valence-electron chi connectivity index (χ3n) is 2.67. The van der Waals surface area contributed by atoms with Crippen molar-refractivity contribution >= 4 is 0 Å². The van der Waals surface area contributed by atoms with Gasteiger partial charge in [0.2, 0.25) is 0 Å². The summed E-state index contributed by atoms with van der Waals surface area (Å²) in [4.78, 5) is 0. The minimum Gasteiger partial charge on any atom is -0.394 e. The van der Waals surface area contributed by atoms with Gasteiger partial charge in [0, 0.05) is 6.42 Å². The van der Waals surface area contributed by atoms with Gasteiger partial charge >= 0.3 is 0 Å². The van der Waals surface area contributed by atoms with Gasteiger partial charge in [0.1, 0.15) is 12.2 Å². The van der Waals surface area contributed by atoms with Gasteiger partial charge in [-0.25, -0.2) is 0 Å². The summed E-state index contributed by atoms with van der Waals surface area (Å²) in [5.74, 6) is 0. The first-order valence-corrected chi connectivity index (χ1v) is 5.36. The number of aliphatic hydroxyl groups excluding tert-OH is 3. The Morgan fingerprint density at radius 2 is 2.13 bits per heavy atom. The maximum Gasteiger partial charge on any atom is 0.161 e. The summed E-state index contributed by atoms with van der Waals surface area (Å²) in [5, 5.41) is 27.9. The second-order valence-corrected chi connectivity index (χ2v) is 3.94. The van der Waals surface area contributed by atoms with Crippen LogP contribution in [0.1, 0.15) is 26.7 Å². The summed E-state index contributed by atoms with van der Waals surface area (Å²) in [6, 6.07) is 0. The van der Waals surface area contributed by atoms with Crippen LogP contribution >= 0.6 is 0 Å². The van der Waals surface area contributed by atoms with Gasteiger partial charge in [-0.2, -0.15) is 0 Å². The second kappa shape index (κ2) is 5.77. The molecule has 1 aliphatic heterocycles. The van der Waals surface area contributed by atoms with Gasteiger partial charge < -0.3 is 24.8 Å². The molecule has 5 heteroatoms. The molecule has 1 saturated heterocycles. The molecule has 5 nitrogen and oxygen atoms in total. The van der Waals surface area contributed by atoms with Crippen molar-refractivity contribution in [2.75, 3.05) is 6.61 Å². The number of hydrogen-bond donors (Lipinski definition) is 3. The summed E-state index contributed by atoms with van der Waals surface area (Å²) < 4.78 is 10.8. The van der Waals surface area contributed by atoms with Crippen molar-refractivity contribution in [2.45, 2.75) is 57.4 Å². The quantitative estimate of drug-likeness (QED) is 0.602. The number of hydrogen-bond acceptors (Lipinski definition) is 5. The maximum atomic E-state index is 9.51. The van der Waals surface area contributed by atoms with Crippen molar-refractivity contribution in [3.63, 3.8) is 0 Å². The Kier molecular flexibility index (Phi) is 4.95. The minimum atomic E-state index is -1.04. The highest BCUT2D eigenvalue weighted by molar-refractivity contribution is 4.82. The smallest absolute Gasteiger partial charge is 0.161 e. The largest absolute Gasteiger partial charge is 0.394 e. The monoisotopic (exact) mass is 220 g/mol. The van der Waals surface area contributed by atoms with E-state index in [1.807, 2.05) is 13.8 Å². The van der Waals surface area contributed by atoms with Gasteiger partial charge in [-0.15, -0.1) is 0 Å². The van der Waals surface area contributed by atoms with Crippen molar-refractivity contribution in [1.29, 1.82) is 0 Å². The number of ether oxygens (including phenoxy) is 2. The van der Waals surface area contributed by atoms with Gasteiger partial charge in [0.05, 0.1) is 18.8 Å². The van der Waals surface area contributed by atoms with Gasteiger partial charge in [0.15, 0.2) is 6.29 Å². The van der Waals surface area contributed by atoms with Gasteiger partial charge in [0.25, 0.3) is 0 Å². The fourth-order valence-electron chi connectivity index (χ4n) is 1.51. The molecule has 1 rings (SSSR count). The lowest BCUT2D eigenvalue weighted by atomic mass is 10.0. The lowest BCUT2D eigenvalue weighted by Crippen LogP contribution is -2.51. The Balaban J connectivity index is 2.47. The van der Waals surface area contributed by atoms with Gasteiger partial charge in [-0.1, -0.05) is 6.92 Å². The van der Waals surface area contributed by atoms with E-state index < -0.39 is 24.6 Å². The topological polar surface area (TPSA) is 79.2 Å². The molecule has 1 unspecified atom stereocenters. The zero-order chi connectivity index (χ0) is 11.4. The van der Waals surface area contributed by atoms with E-state index in [0.717, 1.165) is 6.42 Å². The molecule has 0 aromatic carbocycles. The van der Waals surface area contributed by atoms with E-state index in [0.29, 0.717) is 0 Å². The summed E-state index contributed by atoms with van der Waals surface area (Å²) in [6.07, 6.45) is -2.11. The molecule has 0 bridgehead atoms. The molecular weight excluding hydrogens is 200 g/mol. The highest BCUT2D eigenvalue weighted by Crippen LogP contribution is 2.22. The van der Waals surface area contributed by atoms with Gasteiger partial charge in [-0.3, -0.25) is 0 Å². The molecule has 0 aromatic rings. The van der Waals surface area contributed by atoms with E-state index in [1.54, 1.807) is 0 Å². The third kappa shape index (κ3) is 3.39. The molecule has 15 heavy (non-hydrogen) atoms. The minimum absolute atomic E-state index is 0.0387. The Morgan fingerprint density at radius 3 is 2.67 bits per heavy atom. The lowest BCUT2D eigenvalue weighted by molar-refractivity contribution is -0.267. The highest BCUT2D eigenvalue weighted by Gasteiger charge is 2.37. The van der Waals surface area contributed by atoms with E-state index in [4.69, 9.17) is 14.6 Å². The predicted molar refractivity (Wildman–Crippen MR) is 53.2 cm³/mol. The van der Waals surface area contributed by atoms with Crippen LogP contribution in [0.5, 0.6) is 0 Å². The average molecular weight is 220 g/mol. The molecule has 0 aromatic heterocycles. The molecule has 90 valence electrons. The van der Waals surface area contributed by atoms with Crippen molar-refractivity contribution in [3.8, 4) is 0 Å². The van der Waals surface area contributed by atoms with Crippen LogP contribution in [-0.4, -0.2) is 52.6 Å². The van der Waals surface area contributed by atoms with Crippen molar-refractivity contribution < 1.29 is 24.8 Å². The van der Waals surface area contributed by atoms with Crippen molar-refractivity contribution in [3.05, 3.63) is 0 Å². The molecule has 0 saturated carbocycles. The summed E-state index contributed by atoms with van der Waals surface area (Å²) in [6.45, 7) is 3.58. The van der Waals surface area contributed by atoms with E-state index >= 15 is 0 Å². The third-order valence-corrected chi connectivity index (χ3v) is 2.67. The molecule has 3 N–H and O–H groups in total. The number of rotatable bonds is 4. The first-order valence-electron chi connectivity index (χ1n) is 5.36.